The van der Waals surface area contributed by atoms with Crippen molar-refractivity contribution in [3.63, 3.8) is 0 Å². The molecule has 1 N–H and O–H groups in total. The van der Waals surface area contributed by atoms with E-state index in [0.29, 0.717) is 10.0 Å². The number of hydrogen-bond acceptors (Lipinski definition) is 2. The second-order valence-electron chi connectivity index (χ2n) is 3.32. The third-order valence-electron chi connectivity index (χ3n) is 2.27. The Labute approximate surface area is 98.2 Å². The quantitative estimate of drug-likeness (QED) is 0.819. The van der Waals surface area contributed by atoms with Crippen molar-refractivity contribution in [1.82, 2.24) is 4.98 Å². The van der Waals surface area contributed by atoms with Gasteiger partial charge in [0.2, 0.25) is 0 Å². The first kappa shape index (κ1) is 10.5. The molecule has 0 saturated carbocycles. The molecule has 1 aromatic heterocycles. The van der Waals surface area contributed by atoms with Gasteiger partial charge in [0.15, 0.2) is 0 Å². The molecule has 1 aromatic carbocycles. The predicted molar refractivity (Wildman–Crippen MR) is 66.0 cm³/mol. The van der Waals surface area contributed by atoms with Crippen LogP contribution in [0.25, 0.3) is 10.9 Å². The number of hydrogen-bond donors (Lipinski definition) is 1. The number of pyridine rings is 1. The molecule has 1 heterocycles. The SMILES string of the molecule is CNc1cc(C)nc2c(Cl)c(Cl)ccc12. The van der Waals surface area contributed by atoms with E-state index < -0.39 is 0 Å². The highest BCUT2D eigenvalue weighted by Gasteiger charge is 2.08. The number of benzene rings is 1. The predicted octanol–water partition coefficient (Wildman–Crippen LogP) is 3.89. The Kier molecular flexibility index (Phi) is 2.72. The lowest BCUT2D eigenvalue weighted by atomic mass is 10.1. The van der Waals surface area contributed by atoms with Crippen LogP contribution >= 0.6 is 23.2 Å². The average molecular weight is 241 g/mol. The van der Waals surface area contributed by atoms with Gasteiger partial charge in [-0.15, -0.1) is 0 Å². The first-order chi connectivity index (χ1) is 7.13. The van der Waals surface area contributed by atoms with Crippen molar-refractivity contribution in [3.8, 4) is 0 Å². The Morgan fingerprint density at radius 1 is 1.27 bits per heavy atom. The zero-order valence-corrected chi connectivity index (χ0v) is 9.95. The molecule has 0 aliphatic rings. The standard InChI is InChI=1S/C11H10Cl2N2/c1-6-5-9(14-2)7-3-4-8(12)10(13)11(7)15-6/h3-5H,1-2H3,(H,14,15). The molecule has 0 spiro atoms. The molecule has 0 atom stereocenters. The normalized spacial score (nSPS) is 10.7. The molecule has 0 aliphatic heterocycles. The highest BCUT2D eigenvalue weighted by molar-refractivity contribution is 6.45. The third kappa shape index (κ3) is 1.75. The molecule has 0 saturated heterocycles. The van der Waals surface area contributed by atoms with E-state index in [1.165, 1.54) is 0 Å². The summed E-state index contributed by atoms with van der Waals surface area (Å²) in [5.41, 5.74) is 2.67. The van der Waals surface area contributed by atoms with Crippen LogP contribution in [0.5, 0.6) is 0 Å². The second-order valence-corrected chi connectivity index (χ2v) is 4.10. The summed E-state index contributed by atoms with van der Waals surface area (Å²) in [7, 11) is 1.87. The minimum absolute atomic E-state index is 0.509. The molecular weight excluding hydrogens is 231 g/mol. The summed E-state index contributed by atoms with van der Waals surface area (Å²) < 4.78 is 0. The van der Waals surface area contributed by atoms with E-state index in [0.717, 1.165) is 22.3 Å². The number of nitrogens with one attached hydrogen (secondary N) is 1. The number of aryl methyl sites for hydroxylation is 1. The van der Waals surface area contributed by atoms with Crippen LogP contribution in [0, 0.1) is 6.92 Å². The van der Waals surface area contributed by atoms with E-state index in [4.69, 9.17) is 23.2 Å². The second kappa shape index (κ2) is 3.87. The van der Waals surface area contributed by atoms with Crippen LogP contribution in [-0.2, 0) is 0 Å². The number of anilines is 1. The van der Waals surface area contributed by atoms with Crippen LogP contribution in [0.15, 0.2) is 18.2 Å². The number of aromatic nitrogens is 1. The van der Waals surface area contributed by atoms with Gasteiger partial charge < -0.3 is 5.32 Å². The largest absolute Gasteiger partial charge is 0.388 e. The number of nitrogens with zero attached hydrogens (tertiary/aromatic N) is 1. The van der Waals surface area contributed by atoms with Crippen molar-refractivity contribution in [2.24, 2.45) is 0 Å². The van der Waals surface area contributed by atoms with Gasteiger partial charge in [-0.3, -0.25) is 4.98 Å². The van der Waals surface area contributed by atoms with Crippen molar-refractivity contribution in [3.05, 3.63) is 33.9 Å². The summed E-state index contributed by atoms with van der Waals surface area (Å²) in [5.74, 6) is 0. The Bertz CT molecular complexity index is 523. The molecule has 0 fully saturated rings. The molecule has 2 nitrogen and oxygen atoms in total. The number of fused-ring (bicyclic) bond motifs is 1. The summed E-state index contributed by atoms with van der Waals surface area (Å²) >= 11 is 12.0. The van der Waals surface area contributed by atoms with E-state index in [2.05, 4.69) is 10.3 Å². The molecular formula is C11H10Cl2N2. The van der Waals surface area contributed by atoms with Crippen LogP contribution < -0.4 is 5.32 Å². The smallest absolute Gasteiger partial charge is 0.0927 e. The minimum atomic E-state index is 0.509. The zero-order valence-electron chi connectivity index (χ0n) is 8.44. The molecule has 2 rings (SSSR count). The molecule has 4 heteroatoms. The van der Waals surface area contributed by atoms with Crippen molar-refractivity contribution in [2.75, 3.05) is 12.4 Å². The maximum atomic E-state index is 6.10. The Balaban J connectivity index is 2.89. The summed E-state index contributed by atoms with van der Waals surface area (Å²) in [4.78, 5) is 4.39. The van der Waals surface area contributed by atoms with Gasteiger partial charge in [0.1, 0.15) is 0 Å². The molecule has 2 aromatic rings. The Hall–Kier alpha value is -0.990. The molecule has 15 heavy (non-hydrogen) atoms. The van der Waals surface area contributed by atoms with Crippen molar-refractivity contribution >= 4 is 39.8 Å². The molecule has 0 amide bonds. The number of rotatable bonds is 1. The van der Waals surface area contributed by atoms with Gasteiger partial charge in [-0.25, -0.2) is 0 Å². The van der Waals surface area contributed by atoms with E-state index in [9.17, 15) is 0 Å². The Morgan fingerprint density at radius 3 is 2.67 bits per heavy atom. The van der Waals surface area contributed by atoms with Crippen molar-refractivity contribution in [1.29, 1.82) is 0 Å². The summed E-state index contributed by atoms with van der Waals surface area (Å²) in [6.07, 6.45) is 0. The number of halogens is 2. The van der Waals surface area contributed by atoms with Crippen LogP contribution in [-0.4, -0.2) is 12.0 Å². The maximum Gasteiger partial charge on any atom is 0.0927 e. The minimum Gasteiger partial charge on any atom is -0.388 e. The fraction of sp³-hybridized carbons (Fsp3) is 0.182. The van der Waals surface area contributed by atoms with Gasteiger partial charge in [-0.2, -0.15) is 0 Å². The monoisotopic (exact) mass is 240 g/mol. The van der Waals surface area contributed by atoms with E-state index in [-0.39, 0.29) is 0 Å². The lowest BCUT2D eigenvalue weighted by Gasteiger charge is -2.08. The summed E-state index contributed by atoms with van der Waals surface area (Å²) in [5, 5.41) is 5.14. The molecule has 0 radical (unpaired) electrons. The average Bonchev–Trinajstić information content (AvgIpc) is 2.23. The van der Waals surface area contributed by atoms with Gasteiger partial charge in [0.05, 0.1) is 15.6 Å². The van der Waals surface area contributed by atoms with Crippen LogP contribution in [0.2, 0.25) is 10.0 Å². The maximum absolute atomic E-state index is 6.10. The fourth-order valence-corrected chi connectivity index (χ4v) is 1.93. The third-order valence-corrected chi connectivity index (χ3v) is 3.06. The van der Waals surface area contributed by atoms with E-state index >= 15 is 0 Å². The van der Waals surface area contributed by atoms with Gasteiger partial charge in [-0.1, -0.05) is 23.2 Å². The summed E-state index contributed by atoms with van der Waals surface area (Å²) in [6, 6.07) is 5.68. The highest BCUT2D eigenvalue weighted by Crippen LogP contribution is 2.33. The summed E-state index contributed by atoms with van der Waals surface area (Å²) in [6.45, 7) is 1.93. The topological polar surface area (TPSA) is 24.9 Å². The van der Waals surface area contributed by atoms with E-state index in [1.54, 1.807) is 6.07 Å². The van der Waals surface area contributed by atoms with Crippen molar-refractivity contribution in [2.45, 2.75) is 6.92 Å². The Morgan fingerprint density at radius 2 is 2.00 bits per heavy atom. The van der Waals surface area contributed by atoms with Crippen LogP contribution in [0.4, 0.5) is 5.69 Å². The van der Waals surface area contributed by atoms with E-state index in [1.807, 2.05) is 26.1 Å². The molecule has 0 unspecified atom stereocenters. The highest BCUT2D eigenvalue weighted by atomic mass is 35.5. The molecule has 0 aliphatic carbocycles. The zero-order chi connectivity index (χ0) is 11.0. The van der Waals surface area contributed by atoms with Gasteiger partial charge in [0.25, 0.3) is 0 Å². The van der Waals surface area contributed by atoms with Gasteiger partial charge in [-0.05, 0) is 25.1 Å². The van der Waals surface area contributed by atoms with Gasteiger partial charge >= 0.3 is 0 Å². The van der Waals surface area contributed by atoms with Crippen LogP contribution in [0.3, 0.4) is 0 Å². The molecule has 0 bridgehead atoms. The lowest BCUT2D eigenvalue weighted by molar-refractivity contribution is 1.25. The molecule has 78 valence electrons. The first-order valence-corrected chi connectivity index (χ1v) is 5.32. The lowest BCUT2D eigenvalue weighted by Crippen LogP contribution is -1.94. The van der Waals surface area contributed by atoms with Crippen LogP contribution in [0.1, 0.15) is 5.69 Å². The first-order valence-electron chi connectivity index (χ1n) is 4.56. The van der Waals surface area contributed by atoms with Crippen molar-refractivity contribution < 1.29 is 0 Å². The van der Waals surface area contributed by atoms with Gasteiger partial charge in [0, 0.05) is 23.8 Å². The fourth-order valence-electron chi connectivity index (χ4n) is 1.57.